The average Bonchev–Trinajstić information content (AvgIpc) is 2.42. The first-order valence-corrected chi connectivity index (χ1v) is 7.94. The van der Waals surface area contributed by atoms with Gasteiger partial charge in [-0.15, -0.1) is 0 Å². The molecule has 2 fully saturated rings. The van der Waals surface area contributed by atoms with E-state index in [0.717, 1.165) is 12.8 Å². The monoisotopic (exact) mass is 306 g/mol. The van der Waals surface area contributed by atoms with Crippen LogP contribution in [0.25, 0.3) is 0 Å². The molecule has 0 radical (unpaired) electrons. The minimum Gasteiger partial charge on any atom is -0.486 e. The summed E-state index contributed by atoms with van der Waals surface area (Å²) in [7, 11) is 0. The number of amides is 2. The molecule has 1 aliphatic carbocycles. The summed E-state index contributed by atoms with van der Waals surface area (Å²) in [5.74, 6) is 1.03. The van der Waals surface area contributed by atoms with E-state index >= 15 is 0 Å². The first kappa shape index (κ1) is 14.9. The third-order valence-electron chi connectivity index (χ3n) is 4.24. The van der Waals surface area contributed by atoms with Crippen molar-refractivity contribution in [2.45, 2.75) is 51.2 Å². The zero-order valence-corrected chi connectivity index (χ0v) is 12.8. The van der Waals surface area contributed by atoms with Crippen molar-refractivity contribution in [3.8, 4) is 5.75 Å². The van der Waals surface area contributed by atoms with Crippen molar-refractivity contribution in [2.75, 3.05) is 13.1 Å². The zero-order valence-electron chi connectivity index (χ0n) is 12.8. The maximum atomic E-state index is 12.1. The van der Waals surface area contributed by atoms with Crippen LogP contribution in [-0.2, 0) is 0 Å². The van der Waals surface area contributed by atoms with Crippen LogP contribution >= 0.6 is 0 Å². The highest BCUT2D eigenvalue weighted by Gasteiger charge is 2.33. The van der Waals surface area contributed by atoms with Gasteiger partial charge in [0.25, 0.3) is 0 Å². The number of hydrogen-bond donors (Lipinski definition) is 1. The number of carbonyl (C=O) groups is 1. The first-order valence-electron chi connectivity index (χ1n) is 7.94. The number of urea groups is 1. The molecule has 1 aromatic rings. The molecule has 1 saturated carbocycles. The second-order valence-corrected chi connectivity index (χ2v) is 6.15. The van der Waals surface area contributed by atoms with E-state index in [2.05, 4.69) is 5.32 Å². The quantitative estimate of drug-likeness (QED) is 0.927. The van der Waals surface area contributed by atoms with Crippen LogP contribution < -0.4 is 15.7 Å². The van der Waals surface area contributed by atoms with Crippen LogP contribution in [0.15, 0.2) is 21.3 Å². The number of ether oxygens (including phenoxy) is 1. The molecule has 1 N–H and O–H groups in total. The second kappa shape index (κ2) is 6.42. The van der Waals surface area contributed by atoms with Gasteiger partial charge in [-0.25, -0.2) is 9.59 Å². The van der Waals surface area contributed by atoms with Gasteiger partial charge in [-0.05, 0) is 19.8 Å². The fourth-order valence-electron chi connectivity index (χ4n) is 3.03. The molecule has 6 nitrogen and oxygen atoms in total. The van der Waals surface area contributed by atoms with Gasteiger partial charge in [-0.3, -0.25) is 0 Å². The van der Waals surface area contributed by atoms with Gasteiger partial charge in [0.1, 0.15) is 17.6 Å². The lowest BCUT2D eigenvalue weighted by Gasteiger charge is -2.39. The van der Waals surface area contributed by atoms with Crippen molar-refractivity contribution in [2.24, 2.45) is 0 Å². The first-order chi connectivity index (χ1) is 10.6. The van der Waals surface area contributed by atoms with Crippen LogP contribution in [0.3, 0.4) is 0 Å². The van der Waals surface area contributed by atoms with Gasteiger partial charge in [-0.2, -0.15) is 0 Å². The smallest absolute Gasteiger partial charge is 0.339 e. The van der Waals surface area contributed by atoms with Gasteiger partial charge < -0.3 is 19.4 Å². The SMILES string of the molecule is Cc1cc(OC2CN(C(=O)NC3CCCCC3)C2)cc(=O)o1. The molecule has 0 atom stereocenters. The van der Waals surface area contributed by atoms with E-state index < -0.39 is 5.63 Å². The van der Waals surface area contributed by atoms with Gasteiger partial charge in [0.2, 0.25) is 0 Å². The Kier molecular flexibility index (Phi) is 4.36. The summed E-state index contributed by atoms with van der Waals surface area (Å²) in [6, 6.07) is 3.34. The Morgan fingerprint density at radius 1 is 1.27 bits per heavy atom. The molecule has 1 aliphatic heterocycles. The van der Waals surface area contributed by atoms with Crippen molar-refractivity contribution in [1.29, 1.82) is 0 Å². The molecule has 0 unspecified atom stereocenters. The van der Waals surface area contributed by atoms with Crippen molar-refractivity contribution in [3.63, 3.8) is 0 Å². The maximum Gasteiger partial charge on any atom is 0.339 e. The number of likely N-dealkylation sites (tertiary alicyclic amines) is 1. The van der Waals surface area contributed by atoms with E-state index in [0.29, 0.717) is 30.6 Å². The highest BCUT2D eigenvalue weighted by atomic mass is 16.5. The number of carbonyl (C=O) groups excluding carboxylic acids is 1. The normalized spacial score (nSPS) is 19.6. The van der Waals surface area contributed by atoms with Crippen molar-refractivity contribution in [1.82, 2.24) is 10.2 Å². The lowest BCUT2D eigenvalue weighted by Crippen LogP contribution is -2.60. The summed E-state index contributed by atoms with van der Waals surface area (Å²) in [6.45, 7) is 2.81. The van der Waals surface area contributed by atoms with E-state index in [-0.39, 0.29) is 12.1 Å². The molecular weight excluding hydrogens is 284 g/mol. The minimum atomic E-state index is -0.416. The van der Waals surface area contributed by atoms with Crippen molar-refractivity contribution in [3.05, 3.63) is 28.3 Å². The van der Waals surface area contributed by atoms with Crippen LogP contribution in [-0.4, -0.2) is 36.2 Å². The van der Waals surface area contributed by atoms with E-state index in [9.17, 15) is 9.59 Å². The highest BCUT2D eigenvalue weighted by Crippen LogP contribution is 2.20. The van der Waals surface area contributed by atoms with Crippen LogP contribution in [0.1, 0.15) is 37.9 Å². The Bertz CT molecular complexity index is 586. The molecule has 0 bridgehead atoms. The van der Waals surface area contributed by atoms with Crippen molar-refractivity contribution >= 4 is 6.03 Å². The molecule has 2 aliphatic rings. The van der Waals surface area contributed by atoms with E-state index in [1.54, 1.807) is 17.9 Å². The molecule has 1 aromatic heterocycles. The summed E-state index contributed by atoms with van der Waals surface area (Å²) in [5, 5.41) is 3.09. The summed E-state index contributed by atoms with van der Waals surface area (Å²) in [5.41, 5.74) is -0.416. The molecule has 0 spiro atoms. The Labute approximate surface area is 129 Å². The fourth-order valence-corrected chi connectivity index (χ4v) is 3.03. The van der Waals surface area contributed by atoms with Crippen LogP contribution in [0.2, 0.25) is 0 Å². The van der Waals surface area contributed by atoms with Gasteiger partial charge in [0, 0.05) is 12.1 Å². The summed E-state index contributed by atoms with van der Waals surface area (Å²) in [6.07, 6.45) is 5.78. The Balaban J connectivity index is 1.45. The molecule has 120 valence electrons. The molecule has 2 amide bonds. The van der Waals surface area contributed by atoms with Gasteiger partial charge >= 0.3 is 11.7 Å². The number of hydrogen-bond acceptors (Lipinski definition) is 4. The number of rotatable bonds is 3. The molecule has 22 heavy (non-hydrogen) atoms. The number of nitrogens with one attached hydrogen (secondary N) is 1. The van der Waals surface area contributed by atoms with Gasteiger partial charge in [-0.1, -0.05) is 19.3 Å². The standard InChI is InChI=1S/C16H22N2O4/c1-11-7-13(8-15(19)21-11)22-14-9-18(10-14)16(20)17-12-5-3-2-4-6-12/h7-8,12,14H,2-6,9-10H2,1H3,(H,17,20). The summed E-state index contributed by atoms with van der Waals surface area (Å²) in [4.78, 5) is 25.1. The molecule has 0 aromatic carbocycles. The van der Waals surface area contributed by atoms with Crippen LogP contribution in [0.4, 0.5) is 4.79 Å². The molecule has 6 heteroatoms. The average molecular weight is 306 g/mol. The lowest BCUT2D eigenvalue weighted by atomic mass is 9.95. The Hall–Kier alpha value is -1.98. The molecule has 3 rings (SSSR count). The van der Waals surface area contributed by atoms with E-state index in [4.69, 9.17) is 9.15 Å². The van der Waals surface area contributed by atoms with E-state index in [1.807, 2.05) is 0 Å². The molecular formula is C16H22N2O4. The van der Waals surface area contributed by atoms with Crippen LogP contribution in [0, 0.1) is 6.92 Å². The van der Waals surface area contributed by atoms with E-state index in [1.165, 1.54) is 25.3 Å². The minimum absolute atomic E-state index is 0.00416. The molecule has 1 saturated heterocycles. The zero-order chi connectivity index (χ0) is 15.5. The van der Waals surface area contributed by atoms with Crippen molar-refractivity contribution < 1.29 is 13.9 Å². The predicted octanol–water partition coefficient (Wildman–Crippen LogP) is 2.05. The third-order valence-corrected chi connectivity index (χ3v) is 4.24. The predicted molar refractivity (Wildman–Crippen MR) is 81.1 cm³/mol. The maximum absolute atomic E-state index is 12.1. The fraction of sp³-hybridized carbons (Fsp3) is 0.625. The topological polar surface area (TPSA) is 71.8 Å². The number of aryl methyl sites for hydroxylation is 1. The van der Waals surface area contributed by atoms with Gasteiger partial charge in [0.05, 0.1) is 19.2 Å². The molecule has 2 heterocycles. The summed E-state index contributed by atoms with van der Waals surface area (Å²) < 4.78 is 10.6. The van der Waals surface area contributed by atoms with Gasteiger partial charge in [0.15, 0.2) is 0 Å². The largest absolute Gasteiger partial charge is 0.486 e. The third kappa shape index (κ3) is 3.61. The Morgan fingerprint density at radius 2 is 2.00 bits per heavy atom. The summed E-state index contributed by atoms with van der Waals surface area (Å²) >= 11 is 0. The van der Waals surface area contributed by atoms with Crippen LogP contribution in [0.5, 0.6) is 5.75 Å². The lowest BCUT2D eigenvalue weighted by molar-refractivity contribution is 0.0424. The Morgan fingerprint density at radius 3 is 2.68 bits per heavy atom. The highest BCUT2D eigenvalue weighted by molar-refractivity contribution is 5.75. The second-order valence-electron chi connectivity index (χ2n) is 6.15. The number of nitrogens with zero attached hydrogens (tertiary/aromatic N) is 1.